The Hall–Kier alpha value is -1.32. The van der Waals surface area contributed by atoms with Crippen LogP contribution in [0.3, 0.4) is 0 Å². The van der Waals surface area contributed by atoms with Gasteiger partial charge in [-0.3, -0.25) is 9.59 Å². The van der Waals surface area contributed by atoms with Crippen LogP contribution in [0, 0.1) is 50.2 Å². The Kier molecular flexibility index (Phi) is 7.90. The Bertz CT molecular complexity index is 1260. The van der Waals surface area contributed by atoms with Gasteiger partial charge in [-0.1, -0.05) is 47.1 Å². The van der Waals surface area contributed by atoms with Gasteiger partial charge in [0.1, 0.15) is 18.3 Å². The van der Waals surface area contributed by atoms with Gasteiger partial charge >= 0.3 is 5.97 Å². The molecule has 0 spiro atoms. The van der Waals surface area contributed by atoms with Crippen molar-refractivity contribution in [2.75, 3.05) is 7.11 Å². The van der Waals surface area contributed by atoms with Gasteiger partial charge in [0, 0.05) is 5.92 Å². The Morgan fingerprint density at radius 2 is 1.56 bits per heavy atom. The minimum atomic E-state index is -1.34. The van der Waals surface area contributed by atoms with Gasteiger partial charge in [-0.2, -0.15) is 0 Å². The number of allylic oxidation sites excluding steroid dienone is 2. The van der Waals surface area contributed by atoms with Crippen molar-refractivity contribution in [1.29, 1.82) is 0 Å². The molecule has 5 aliphatic carbocycles. The van der Waals surface area contributed by atoms with Crippen LogP contribution in [0.1, 0.15) is 113 Å². The number of esters is 1. The van der Waals surface area contributed by atoms with Gasteiger partial charge in [0.25, 0.3) is 0 Å². The maximum Gasteiger partial charge on any atom is 0.311 e. The molecule has 14 atom stereocenters. The van der Waals surface area contributed by atoms with Crippen molar-refractivity contribution < 1.29 is 39.1 Å². The summed E-state index contributed by atoms with van der Waals surface area (Å²) in [5.41, 5.74) is -0.0675. The number of ketones is 1. The van der Waals surface area contributed by atoms with Crippen LogP contribution in [0.2, 0.25) is 0 Å². The van der Waals surface area contributed by atoms with Crippen molar-refractivity contribution in [2.45, 2.75) is 150 Å². The van der Waals surface area contributed by atoms with E-state index in [1.165, 1.54) is 12.7 Å². The molecule has 0 aromatic carbocycles. The molecule has 5 fully saturated rings. The molecule has 0 bridgehead atoms. The third-order valence-electron chi connectivity index (χ3n) is 15.3. The van der Waals surface area contributed by atoms with Gasteiger partial charge in [0.15, 0.2) is 12.1 Å². The van der Waals surface area contributed by atoms with E-state index in [-0.39, 0.29) is 62.7 Å². The zero-order valence-electron chi connectivity index (χ0n) is 29.0. The van der Waals surface area contributed by atoms with E-state index < -0.39 is 36.1 Å². The molecule has 8 nitrogen and oxygen atoms in total. The molecular formula is C37H58O8. The zero-order valence-corrected chi connectivity index (χ0v) is 29.0. The third kappa shape index (κ3) is 4.54. The van der Waals surface area contributed by atoms with Crippen molar-refractivity contribution >= 4 is 11.8 Å². The lowest BCUT2D eigenvalue weighted by atomic mass is 9.33. The summed E-state index contributed by atoms with van der Waals surface area (Å²) in [7, 11) is 1.49. The summed E-state index contributed by atoms with van der Waals surface area (Å²) in [6, 6.07) is 0. The molecule has 4 saturated carbocycles. The van der Waals surface area contributed by atoms with E-state index in [0.717, 1.165) is 51.4 Å². The fraction of sp³-hybridized carbons (Fsp3) is 0.892. The second kappa shape index (κ2) is 10.6. The molecule has 6 aliphatic rings. The molecule has 0 aromatic heterocycles. The highest BCUT2D eigenvalue weighted by Gasteiger charge is 2.70. The summed E-state index contributed by atoms with van der Waals surface area (Å²) in [6.07, 6.45) is 4.41. The maximum absolute atomic E-state index is 14.7. The highest BCUT2D eigenvalue weighted by atomic mass is 16.7. The van der Waals surface area contributed by atoms with Crippen LogP contribution in [0.4, 0.5) is 0 Å². The average molecular weight is 631 g/mol. The molecular weight excluding hydrogens is 572 g/mol. The number of aliphatic hydroxyl groups is 3. The first-order valence-electron chi connectivity index (χ1n) is 17.5. The quantitative estimate of drug-likeness (QED) is 0.282. The monoisotopic (exact) mass is 630 g/mol. The van der Waals surface area contributed by atoms with E-state index >= 15 is 0 Å². The molecule has 0 amide bonds. The third-order valence-corrected chi connectivity index (χ3v) is 15.3. The standard InChI is InChI=1S/C37H58O8/c1-20-26(39)27(40)28(41)30(44-20)45-25-11-12-35(6)24(32(25,2)3)10-13-37(8)29(35)23(38)18-21-22-19-34(5,31(42)43-9)15-14-33(22,4)16-17-36(21,37)7/h18,20,22,24-30,39-41H,10-17,19H2,1-9H3/t20-,22-,24?,25-,26-,27+,28+,29?,30-,33+,34-,35-,36+,37+/m0/s1. The molecule has 0 radical (unpaired) electrons. The number of fused-ring (bicyclic) bond motifs is 7. The van der Waals surface area contributed by atoms with Gasteiger partial charge in [0.05, 0.1) is 24.7 Å². The lowest BCUT2D eigenvalue weighted by molar-refractivity contribution is -0.323. The molecule has 1 heterocycles. The smallest absolute Gasteiger partial charge is 0.311 e. The van der Waals surface area contributed by atoms with E-state index in [2.05, 4.69) is 48.5 Å². The first-order chi connectivity index (χ1) is 20.8. The number of hydrogen-bond donors (Lipinski definition) is 3. The molecule has 1 aliphatic heterocycles. The lowest BCUT2D eigenvalue weighted by Gasteiger charge is -2.70. The Labute approximate surface area is 269 Å². The Morgan fingerprint density at radius 1 is 0.889 bits per heavy atom. The summed E-state index contributed by atoms with van der Waals surface area (Å²) in [6.45, 7) is 17.7. The second-order valence-electron chi connectivity index (χ2n) is 17.9. The van der Waals surface area contributed by atoms with Gasteiger partial charge < -0.3 is 29.5 Å². The summed E-state index contributed by atoms with van der Waals surface area (Å²) < 4.78 is 17.6. The van der Waals surface area contributed by atoms with Gasteiger partial charge in [-0.15, -0.1) is 0 Å². The van der Waals surface area contributed by atoms with E-state index in [1.807, 2.05) is 6.08 Å². The first kappa shape index (κ1) is 33.6. The molecule has 6 rings (SSSR count). The number of hydrogen-bond acceptors (Lipinski definition) is 8. The molecule has 3 N–H and O–H groups in total. The minimum Gasteiger partial charge on any atom is -0.469 e. The summed E-state index contributed by atoms with van der Waals surface area (Å²) in [5.74, 6) is 0.388. The van der Waals surface area contributed by atoms with E-state index in [0.29, 0.717) is 6.42 Å². The van der Waals surface area contributed by atoms with Gasteiger partial charge in [-0.05, 0) is 117 Å². The van der Waals surface area contributed by atoms with Crippen LogP contribution >= 0.6 is 0 Å². The van der Waals surface area contributed by atoms with Gasteiger partial charge in [0.2, 0.25) is 0 Å². The van der Waals surface area contributed by atoms with Crippen LogP contribution in [0.5, 0.6) is 0 Å². The van der Waals surface area contributed by atoms with E-state index in [4.69, 9.17) is 14.2 Å². The van der Waals surface area contributed by atoms with Gasteiger partial charge in [-0.25, -0.2) is 0 Å². The number of rotatable bonds is 3. The van der Waals surface area contributed by atoms with E-state index in [1.54, 1.807) is 6.92 Å². The predicted octanol–water partition coefficient (Wildman–Crippen LogP) is 5.35. The molecule has 2 unspecified atom stereocenters. The lowest BCUT2D eigenvalue weighted by Crippen LogP contribution is -2.67. The number of carbonyl (C=O) groups is 2. The first-order valence-corrected chi connectivity index (χ1v) is 17.5. The van der Waals surface area contributed by atoms with Crippen molar-refractivity contribution in [3.8, 4) is 0 Å². The van der Waals surface area contributed by atoms with Crippen LogP contribution in [0.15, 0.2) is 11.6 Å². The van der Waals surface area contributed by atoms with Crippen molar-refractivity contribution in [1.82, 2.24) is 0 Å². The fourth-order valence-corrected chi connectivity index (χ4v) is 12.1. The van der Waals surface area contributed by atoms with Crippen molar-refractivity contribution in [2.24, 2.45) is 50.2 Å². The highest BCUT2D eigenvalue weighted by Crippen LogP contribution is 2.75. The number of ether oxygens (including phenoxy) is 3. The highest BCUT2D eigenvalue weighted by molar-refractivity contribution is 5.95. The van der Waals surface area contributed by atoms with Crippen LogP contribution in [0.25, 0.3) is 0 Å². The number of methoxy groups -OCH3 is 1. The Morgan fingerprint density at radius 3 is 2.22 bits per heavy atom. The van der Waals surface area contributed by atoms with Crippen LogP contribution in [-0.4, -0.2) is 71.0 Å². The molecule has 0 aromatic rings. The van der Waals surface area contributed by atoms with Crippen molar-refractivity contribution in [3.05, 3.63) is 11.6 Å². The average Bonchev–Trinajstić information content (AvgIpc) is 2.97. The number of carbonyl (C=O) groups excluding carboxylic acids is 2. The van der Waals surface area contributed by atoms with Crippen LogP contribution in [-0.2, 0) is 23.8 Å². The van der Waals surface area contributed by atoms with Crippen molar-refractivity contribution in [3.63, 3.8) is 0 Å². The fourth-order valence-electron chi connectivity index (χ4n) is 12.1. The maximum atomic E-state index is 14.7. The second-order valence-corrected chi connectivity index (χ2v) is 17.9. The molecule has 8 heteroatoms. The topological polar surface area (TPSA) is 123 Å². The summed E-state index contributed by atoms with van der Waals surface area (Å²) in [5, 5.41) is 31.3. The van der Waals surface area contributed by atoms with Crippen LogP contribution < -0.4 is 0 Å². The number of aliphatic hydroxyl groups excluding tert-OH is 3. The molecule has 45 heavy (non-hydrogen) atoms. The zero-order chi connectivity index (χ0) is 33.1. The largest absolute Gasteiger partial charge is 0.469 e. The SMILES string of the molecule is COC(=O)[C@@]1(C)CC[C@]2(C)CC[C@]3(C)C(=CC(=O)C4[C@@]5(C)CC[C@H](O[C@@H]6O[C@@H](C)[C@H](O)[C@@H](O)[C@H]6O)C(C)(C)C5CC[C@]43C)[C@@H]2C1. The predicted molar refractivity (Wildman–Crippen MR) is 169 cm³/mol. The van der Waals surface area contributed by atoms with E-state index in [9.17, 15) is 24.9 Å². The minimum absolute atomic E-state index is 0.0771. The summed E-state index contributed by atoms with van der Waals surface area (Å²) >= 11 is 0. The summed E-state index contributed by atoms with van der Waals surface area (Å²) in [4.78, 5) is 27.6. The molecule has 254 valence electrons. The Balaban J connectivity index is 1.32. The molecule has 1 saturated heterocycles. The normalized spacial score (nSPS) is 54.1.